The summed E-state index contributed by atoms with van der Waals surface area (Å²) >= 11 is 0. The Bertz CT molecular complexity index is 306. The molecule has 0 heterocycles. The average Bonchev–Trinajstić information content (AvgIpc) is 2.38. The highest BCUT2D eigenvalue weighted by atomic mass is 16.2. The Hall–Kier alpha value is -1.59. The molecule has 0 aromatic heterocycles. The van der Waals surface area contributed by atoms with Crippen LogP contribution in [-0.2, 0) is 14.4 Å². The molecule has 2 N–H and O–H groups in total. The van der Waals surface area contributed by atoms with Crippen LogP contribution in [0.25, 0.3) is 0 Å². The van der Waals surface area contributed by atoms with E-state index in [2.05, 4.69) is 10.6 Å². The second-order valence-electron chi connectivity index (χ2n) is 4.38. The van der Waals surface area contributed by atoms with Crippen LogP contribution in [0.2, 0.25) is 0 Å². The number of hydrogen-bond donors (Lipinski definition) is 2. The highest BCUT2D eigenvalue weighted by Gasteiger charge is 2.19. The Labute approximate surface area is 114 Å². The number of hydrogen-bond acceptors (Lipinski definition) is 3. The first kappa shape index (κ1) is 17.4. The van der Waals surface area contributed by atoms with Crippen LogP contribution in [-0.4, -0.2) is 48.8 Å². The molecule has 0 atom stereocenters. The molecule has 0 spiro atoms. The van der Waals surface area contributed by atoms with Crippen LogP contribution in [0.4, 0.5) is 0 Å². The third-order valence-corrected chi connectivity index (χ3v) is 2.54. The van der Waals surface area contributed by atoms with Gasteiger partial charge in [0.1, 0.15) is 0 Å². The Morgan fingerprint density at radius 1 is 0.947 bits per heavy atom. The second-order valence-corrected chi connectivity index (χ2v) is 4.38. The van der Waals surface area contributed by atoms with Gasteiger partial charge in [0.05, 0.1) is 0 Å². The summed E-state index contributed by atoms with van der Waals surface area (Å²) in [5, 5.41) is 5.06. The zero-order chi connectivity index (χ0) is 14.7. The number of amides is 3. The van der Waals surface area contributed by atoms with Crippen LogP contribution in [0.5, 0.6) is 0 Å². The first-order valence-electron chi connectivity index (χ1n) is 6.84. The van der Waals surface area contributed by atoms with E-state index >= 15 is 0 Å². The van der Waals surface area contributed by atoms with E-state index in [9.17, 15) is 14.4 Å². The standard InChI is InChI=1S/C13H25N3O3/c1-4-6-10-16(9-5-2)13(19)12(18)15-8-7-14-11(3)17/h4-10H2,1-3H3,(H,14,17)(H,15,18). The van der Waals surface area contributed by atoms with E-state index in [-0.39, 0.29) is 12.5 Å². The van der Waals surface area contributed by atoms with E-state index in [0.717, 1.165) is 19.3 Å². The monoisotopic (exact) mass is 271 g/mol. The molecule has 19 heavy (non-hydrogen) atoms. The fourth-order valence-corrected chi connectivity index (χ4v) is 1.57. The summed E-state index contributed by atoms with van der Waals surface area (Å²) in [6, 6.07) is 0. The minimum absolute atomic E-state index is 0.156. The maximum Gasteiger partial charge on any atom is 0.311 e. The van der Waals surface area contributed by atoms with Crippen molar-refractivity contribution in [2.24, 2.45) is 0 Å². The van der Waals surface area contributed by atoms with Crippen molar-refractivity contribution in [3.63, 3.8) is 0 Å². The molecule has 6 nitrogen and oxygen atoms in total. The summed E-state index contributed by atoms with van der Waals surface area (Å²) in [5.74, 6) is -1.25. The van der Waals surface area contributed by atoms with Crippen molar-refractivity contribution in [3.05, 3.63) is 0 Å². The fourth-order valence-electron chi connectivity index (χ4n) is 1.57. The van der Waals surface area contributed by atoms with E-state index in [1.54, 1.807) is 4.90 Å². The Kier molecular flexibility index (Phi) is 9.48. The summed E-state index contributed by atoms with van der Waals surface area (Å²) in [6.45, 7) is 7.22. The molecular formula is C13H25N3O3. The normalized spacial score (nSPS) is 9.84. The molecule has 0 aliphatic rings. The molecule has 0 unspecified atom stereocenters. The van der Waals surface area contributed by atoms with Crippen molar-refractivity contribution < 1.29 is 14.4 Å². The fraction of sp³-hybridized carbons (Fsp3) is 0.769. The van der Waals surface area contributed by atoms with Gasteiger partial charge in [-0.3, -0.25) is 14.4 Å². The number of carbonyl (C=O) groups is 3. The largest absolute Gasteiger partial charge is 0.355 e. The predicted molar refractivity (Wildman–Crippen MR) is 73.5 cm³/mol. The summed E-state index contributed by atoms with van der Waals surface area (Å²) in [4.78, 5) is 35.8. The molecule has 0 rings (SSSR count). The minimum atomic E-state index is -0.602. The molecule has 0 radical (unpaired) electrons. The van der Waals surface area contributed by atoms with E-state index < -0.39 is 11.8 Å². The molecule has 0 fully saturated rings. The lowest BCUT2D eigenvalue weighted by Crippen LogP contribution is -2.45. The Morgan fingerprint density at radius 2 is 1.58 bits per heavy atom. The first-order chi connectivity index (χ1) is 9.02. The van der Waals surface area contributed by atoms with Gasteiger partial charge in [-0.05, 0) is 12.8 Å². The van der Waals surface area contributed by atoms with Gasteiger partial charge in [0.25, 0.3) is 0 Å². The molecule has 0 bridgehead atoms. The van der Waals surface area contributed by atoms with Gasteiger partial charge in [-0.2, -0.15) is 0 Å². The van der Waals surface area contributed by atoms with Gasteiger partial charge in [-0.15, -0.1) is 0 Å². The Morgan fingerprint density at radius 3 is 2.11 bits per heavy atom. The number of carbonyl (C=O) groups excluding carboxylic acids is 3. The van der Waals surface area contributed by atoms with Gasteiger partial charge in [-0.1, -0.05) is 20.3 Å². The zero-order valence-corrected chi connectivity index (χ0v) is 12.1. The average molecular weight is 271 g/mol. The maximum atomic E-state index is 11.9. The predicted octanol–water partition coefficient (Wildman–Crippen LogP) is 0.277. The number of unbranched alkanes of at least 4 members (excludes halogenated alkanes) is 1. The molecule has 6 heteroatoms. The van der Waals surface area contributed by atoms with Gasteiger partial charge in [0, 0.05) is 33.1 Å². The third-order valence-electron chi connectivity index (χ3n) is 2.54. The summed E-state index contributed by atoms with van der Waals surface area (Å²) in [5.41, 5.74) is 0. The molecule has 0 aliphatic carbocycles. The van der Waals surface area contributed by atoms with E-state index in [4.69, 9.17) is 0 Å². The number of nitrogens with one attached hydrogen (secondary N) is 2. The smallest absolute Gasteiger partial charge is 0.311 e. The van der Waals surface area contributed by atoms with Gasteiger partial charge in [-0.25, -0.2) is 0 Å². The van der Waals surface area contributed by atoms with Crippen LogP contribution >= 0.6 is 0 Å². The molecule has 0 aliphatic heterocycles. The lowest BCUT2D eigenvalue weighted by molar-refractivity contribution is -0.145. The summed E-state index contributed by atoms with van der Waals surface area (Å²) < 4.78 is 0. The van der Waals surface area contributed by atoms with Crippen molar-refractivity contribution in [2.45, 2.75) is 40.0 Å². The summed E-state index contributed by atoms with van der Waals surface area (Å²) in [7, 11) is 0. The molecule has 0 aromatic carbocycles. The Balaban J connectivity index is 4.10. The van der Waals surface area contributed by atoms with Gasteiger partial charge < -0.3 is 15.5 Å². The van der Waals surface area contributed by atoms with Gasteiger partial charge in [0.2, 0.25) is 5.91 Å². The minimum Gasteiger partial charge on any atom is -0.355 e. The molecule has 0 aromatic rings. The van der Waals surface area contributed by atoms with Crippen LogP contribution in [0.3, 0.4) is 0 Å². The molecule has 0 saturated heterocycles. The molecule has 0 saturated carbocycles. The van der Waals surface area contributed by atoms with Gasteiger partial charge >= 0.3 is 11.8 Å². The summed E-state index contributed by atoms with van der Waals surface area (Å²) in [6.07, 6.45) is 2.71. The topological polar surface area (TPSA) is 78.5 Å². The van der Waals surface area contributed by atoms with Gasteiger partial charge in [0.15, 0.2) is 0 Å². The quantitative estimate of drug-likeness (QED) is 0.491. The first-order valence-corrected chi connectivity index (χ1v) is 6.84. The van der Waals surface area contributed by atoms with Crippen LogP contribution in [0.1, 0.15) is 40.0 Å². The van der Waals surface area contributed by atoms with E-state index in [0.29, 0.717) is 19.6 Å². The van der Waals surface area contributed by atoms with Crippen molar-refractivity contribution in [1.29, 1.82) is 0 Å². The number of rotatable bonds is 8. The van der Waals surface area contributed by atoms with Crippen molar-refractivity contribution in [1.82, 2.24) is 15.5 Å². The lowest BCUT2D eigenvalue weighted by atomic mass is 10.3. The highest BCUT2D eigenvalue weighted by molar-refractivity contribution is 6.35. The second kappa shape index (κ2) is 10.3. The SMILES string of the molecule is CCCCN(CCC)C(=O)C(=O)NCCNC(C)=O. The number of nitrogens with zero attached hydrogens (tertiary/aromatic N) is 1. The molecular weight excluding hydrogens is 246 g/mol. The third kappa shape index (κ3) is 8.18. The maximum absolute atomic E-state index is 11.9. The molecule has 3 amide bonds. The highest BCUT2D eigenvalue weighted by Crippen LogP contribution is 1.98. The van der Waals surface area contributed by atoms with E-state index in [1.165, 1.54) is 6.92 Å². The zero-order valence-electron chi connectivity index (χ0n) is 12.1. The van der Waals surface area contributed by atoms with Crippen LogP contribution in [0, 0.1) is 0 Å². The van der Waals surface area contributed by atoms with Crippen LogP contribution < -0.4 is 10.6 Å². The van der Waals surface area contributed by atoms with E-state index in [1.807, 2.05) is 13.8 Å². The molecule has 110 valence electrons. The lowest BCUT2D eigenvalue weighted by Gasteiger charge is -2.21. The van der Waals surface area contributed by atoms with Crippen molar-refractivity contribution in [3.8, 4) is 0 Å². The van der Waals surface area contributed by atoms with Crippen molar-refractivity contribution >= 4 is 17.7 Å². The van der Waals surface area contributed by atoms with Crippen LogP contribution in [0.15, 0.2) is 0 Å². The van der Waals surface area contributed by atoms with Crippen molar-refractivity contribution in [2.75, 3.05) is 26.2 Å².